The Morgan fingerprint density at radius 3 is 2.75 bits per heavy atom. The van der Waals surface area contributed by atoms with Gasteiger partial charge in [0.05, 0.1) is 0 Å². The van der Waals surface area contributed by atoms with Crippen molar-refractivity contribution in [2.75, 3.05) is 6.54 Å². The molecule has 0 aromatic carbocycles. The molecule has 0 aliphatic heterocycles. The van der Waals surface area contributed by atoms with Crippen LogP contribution in [0.25, 0.3) is 0 Å². The maximum atomic E-state index is 4.32. The third-order valence-electron chi connectivity index (χ3n) is 4.45. The summed E-state index contributed by atoms with van der Waals surface area (Å²) in [4.78, 5) is 0. The lowest BCUT2D eigenvalue weighted by Gasteiger charge is -2.44. The molecule has 0 amide bonds. The summed E-state index contributed by atoms with van der Waals surface area (Å²) in [6.45, 7) is 10.1. The molecule has 1 fully saturated rings. The van der Waals surface area contributed by atoms with Gasteiger partial charge in [0.25, 0.3) is 0 Å². The Morgan fingerprint density at radius 1 is 1.40 bits per heavy atom. The average Bonchev–Trinajstić information content (AvgIpc) is 2.69. The summed E-state index contributed by atoms with van der Waals surface area (Å²) in [5.41, 5.74) is 0.360. The molecule has 0 radical (unpaired) electrons. The largest absolute Gasteiger partial charge is 0.312 e. The first-order chi connectivity index (χ1) is 9.45. The van der Waals surface area contributed by atoms with E-state index < -0.39 is 0 Å². The van der Waals surface area contributed by atoms with Crippen molar-refractivity contribution in [3.8, 4) is 0 Å². The molecule has 2 unspecified atom stereocenters. The SMILES string of the molecule is CCCNC1C(Sc2nnc(C)n2C)CCCC1(C)C. The van der Waals surface area contributed by atoms with Crippen LogP contribution in [0.4, 0.5) is 0 Å². The number of nitrogens with zero attached hydrogens (tertiary/aromatic N) is 3. The quantitative estimate of drug-likeness (QED) is 0.906. The van der Waals surface area contributed by atoms with E-state index in [1.165, 1.54) is 25.7 Å². The minimum atomic E-state index is 0.360. The molecular formula is C15H28N4S. The monoisotopic (exact) mass is 296 g/mol. The van der Waals surface area contributed by atoms with E-state index in [-0.39, 0.29) is 0 Å². The van der Waals surface area contributed by atoms with Crippen LogP contribution in [-0.2, 0) is 7.05 Å². The molecule has 0 spiro atoms. The molecule has 1 aromatic rings. The van der Waals surface area contributed by atoms with Crippen molar-refractivity contribution in [1.29, 1.82) is 0 Å². The molecule has 1 N–H and O–H groups in total. The summed E-state index contributed by atoms with van der Waals surface area (Å²) < 4.78 is 2.10. The molecule has 1 aliphatic carbocycles. The number of nitrogens with one attached hydrogen (secondary N) is 1. The molecule has 20 heavy (non-hydrogen) atoms. The van der Waals surface area contributed by atoms with Crippen molar-refractivity contribution >= 4 is 11.8 Å². The fraction of sp³-hybridized carbons (Fsp3) is 0.867. The molecule has 5 heteroatoms. The van der Waals surface area contributed by atoms with Crippen LogP contribution in [0.2, 0.25) is 0 Å². The van der Waals surface area contributed by atoms with Crippen molar-refractivity contribution in [2.45, 2.75) is 69.8 Å². The van der Waals surface area contributed by atoms with Gasteiger partial charge in [-0.2, -0.15) is 0 Å². The zero-order chi connectivity index (χ0) is 14.8. The first kappa shape index (κ1) is 15.8. The maximum Gasteiger partial charge on any atom is 0.191 e. The van der Waals surface area contributed by atoms with Crippen molar-refractivity contribution < 1.29 is 0 Å². The summed E-state index contributed by atoms with van der Waals surface area (Å²) in [5, 5.41) is 13.9. The van der Waals surface area contributed by atoms with Gasteiger partial charge in [0, 0.05) is 18.3 Å². The highest BCUT2D eigenvalue weighted by molar-refractivity contribution is 7.99. The fourth-order valence-corrected chi connectivity index (χ4v) is 4.58. The van der Waals surface area contributed by atoms with E-state index in [0.29, 0.717) is 16.7 Å². The first-order valence-electron chi connectivity index (χ1n) is 7.71. The number of aryl methyl sites for hydroxylation is 1. The molecule has 0 bridgehead atoms. The van der Waals surface area contributed by atoms with E-state index in [9.17, 15) is 0 Å². The van der Waals surface area contributed by atoms with Gasteiger partial charge in [0.2, 0.25) is 0 Å². The lowest BCUT2D eigenvalue weighted by atomic mass is 9.73. The first-order valence-corrected chi connectivity index (χ1v) is 8.59. The third-order valence-corrected chi connectivity index (χ3v) is 5.82. The van der Waals surface area contributed by atoms with Crippen molar-refractivity contribution in [3.05, 3.63) is 5.82 Å². The zero-order valence-electron chi connectivity index (χ0n) is 13.4. The third kappa shape index (κ3) is 3.37. The second-order valence-electron chi connectivity index (χ2n) is 6.56. The van der Waals surface area contributed by atoms with Crippen LogP contribution < -0.4 is 5.32 Å². The van der Waals surface area contributed by atoms with Crippen LogP contribution in [-0.4, -0.2) is 32.6 Å². The molecule has 1 heterocycles. The Morgan fingerprint density at radius 2 is 2.15 bits per heavy atom. The number of rotatable bonds is 5. The highest BCUT2D eigenvalue weighted by Crippen LogP contribution is 2.42. The molecule has 1 aliphatic rings. The van der Waals surface area contributed by atoms with Crippen molar-refractivity contribution in [1.82, 2.24) is 20.1 Å². The molecule has 2 rings (SSSR count). The van der Waals surface area contributed by atoms with Crippen LogP contribution >= 0.6 is 11.8 Å². The summed E-state index contributed by atoms with van der Waals surface area (Å²) in [6, 6.07) is 0.554. The molecular weight excluding hydrogens is 268 g/mol. The van der Waals surface area contributed by atoms with Gasteiger partial charge in [-0.05, 0) is 38.1 Å². The van der Waals surface area contributed by atoms with E-state index in [1.54, 1.807) is 0 Å². The maximum absolute atomic E-state index is 4.32. The van der Waals surface area contributed by atoms with Crippen LogP contribution in [0.5, 0.6) is 0 Å². The second kappa shape index (κ2) is 6.48. The Hall–Kier alpha value is -0.550. The predicted octanol–water partition coefficient (Wildman–Crippen LogP) is 3.16. The van der Waals surface area contributed by atoms with E-state index in [2.05, 4.69) is 47.9 Å². The highest BCUT2D eigenvalue weighted by atomic mass is 32.2. The molecule has 1 saturated carbocycles. The van der Waals surface area contributed by atoms with Crippen molar-refractivity contribution in [2.24, 2.45) is 12.5 Å². The van der Waals surface area contributed by atoms with Gasteiger partial charge < -0.3 is 9.88 Å². The van der Waals surface area contributed by atoms with E-state index in [4.69, 9.17) is 0 Å². The van der Waals surface area contributed by atoms with Gasteiger partial charge in [0.15, 0.2) is 5.16 Å². The molecule has 114 valence electrons. The summed E-state index contributed by atoms with van der Waals surface area (Å²) in [6.07, 6.45) is 5.07. The topological polar surface area (TPSA) is 42.7 Å². The van der Waals surface area contributed by atoms with E-state index >= 15 is 0 Å². The molecule has 4 nitrogen and oxygen atoms in total. The smallest absolute Gasteiger partial charge is 0.191 e. The van der Waals surface area contributed by atoms with Gasteiger partial charge in [-0.1, -0.05) is 39.0 Å². The summed E-state index contributed by atoms with van der Waals surface area (Å²) in [5.74, 6) is 0.987. The molecule has 2 atom stereocenters. The standard InChI is InChI=1S/C15H28N4S/c1-6-10-16-13-12(8-7-9-15(13,3)4)20-14-18-17-11(2)19(14)5/h12-13,16H,6-10H2,1-5H3. The van der Waals surface area contributed by atoms with Crippen molar-refractivity contribution in [3.63, 3.8) is 0 Å². The van der Waals surface area contributed by atoms with E-state index in [1.807, 2.05) is 18.7 Å². The van der Waals surface area contributed by atoms with Crippen LogP contribution in [0.1, 0.15) is 52.3 Å². The minimum absolute atomic E-state index is 0.360. The molecule has 0 saturated heterocycles. The Labute approximate surface area is 127 Å². The predicted molar refractivity (Wildman–Crippen MR) is 85.1 cm³/mol. The summed E-state index contributed by atoms with van der Waals surface area (Å²) >= 11 is 1.90. The second-order valence-corrected chi connectivity index (χ2v) is 7.76. The van der Waals surface area contributed by atoms with Crippen LogP contribution in [0.15, 0.2) is 5.16 Å². The number of hydrogen-bond donors (Lipinski definition) is 1. The van der Waals surface area contributed by atoms with Gasteiger partial charge in [-0.3, -0.25) is 0 Å². The number of thioether (sulfide) groups is 1. The van der Waals surface area contributed by atoms with Gasteiger partial charge in [0.1, 0.15) is 5.82 Å². The molecule has 1 aromatic heterocycles. The lowest BCUT2D eigenvalue weighted by molar-refractivity contribution is 0.174. The highest BCUT2D eigenvalue weighted by Gasteiger charge is 2.39. The number of aromatic nitrogens is 3. The van der Waals surface area contributed by atoms with Crippen LogP contribution in [0.3, 0.4) is 0 Å². The Kier molecular flexibility index (Phi) is 5.13. The van der Waals surface area contributed by atoms with Gasteiger partial charge in [-0.25, -0.2) is 0 Å². The normalized spacial score (nSPS) is 25.9. The summed E-state index contributed by atoms with van der Waals surface area (Å²) in [7, 11) is 2.06. The Balaban J connectivity index is 2.12. The van der Waals surface area contributed by atoms with Gasteiger partial charge >= 0.3 is 0 Å². The average molecular weight is 296 g/mol. The lowest BCUT2D eigenvalue weighted by Crippen LogP contribution is -2.51. The van der Waals surface area contributed by atoms with Crippen LogP contribution in [0, 0.1) is 12.3 Å². The van der Waals surface area contributed by atoms with E-state index in [0.717, 1.165) is 17.5 Å². The Bertz CT molecular complexity index is 441. The zero-order valence-corrected chi connectivity index (χ0v) is 14.3. The van der Waals surface area contributed by atoms with Gasteiger partial charge in [-0.15, -0.1) is 10.2 Å². The fourth-order valence-electron chi connectivity index (χ4n) is 3.04. The number of hydrogen-bond acceptors (Lipinski definition) is 4. The minimum Gasteiger partial charge on any atom is -0.312 e.